The molecule has 0 atom stereocenters. The van der Waals surface area contributed by atoms with Crippen LogP contribution in [0.1, 0.15) is 25.7 Å². The van der Waals surface area contributed by atoms with E-state index in [1.165, 1.54) is 31.0 Å². The molecule has 0 amide bonds. The number of ether oxygens (including phenoxy) is 1. The van der Waals surface area contributed by atoms with Gasteiger partial charge in [0.1, 0.15) is 5.75 Å². The van der Waals surface area contributed by atoms with Crippen molar-refractivity contribution in [2.24, 2.45) is 0 Å². The Labute approximate surface area is 120 Å². The van der Waals surface area contributed by atoms with E-state index in [2.05, 4.69) is 15.4 Å². The Morgan fingerprint density at radius 1 is 1.25 bits per heavy atom. The summed E-state index contributed by atoms with van der Waals surface area (Å²) in [6.45, 7) is 0. The topological polar surface area (TPSA) is 33.3 Å². The number of rotatable bonds is 3. The third-order valence-corrected chi connectivity index (χ3v) is 3.24. The van der Waals surface area contributed by atoms with Gasteiger partial charge >= 0.3 is 6.36 Å². The summed E-state index contributed by atoms with van der Waals surface area (Å²) >= 11 is 5.14. The highest BCUT2D eigenvalue weighted by molar-refractivity contribution is 7.80. The van der Waals surface area contributed by atoms with Crippen molar-refractivity contribution >= 4 is 23.0 Å². The van der Waals surface area contributed by atoms with Gasteiger partial charge in [-0.15, -0.1) is 13.2 Å². The first-order chi connectivity index (χ1) is 9.42. The van der Waals surface area contributed by atoms with Crippen LogP contribution in [0, 0.1) is 0 Å². The maximum absolute atomic E-state index is 12.1. The number of halogens is 3. The highest BCUT2D eigenvalue weighted by Crippen LogP contribution is 2.25. The predicted octanol–water partition coefficient (Wildman–Crippen LogP) is 3.81. The zero-order chi connectivity index (χ0) is 14.6. The molecule has 0 unspecified atom stereocenters. The van der Waals surface area contributed by atoms with Crippen molar-refractivity contribution < 1.29 is 17.9 Å². The Kier molecular flexibility index (Phi) is 4.69. The maximum Gasteiger partial charge on any atom is 0.573 e. The number of alkyl halides is 3. The van der Waals surface area contributed by atoms with Gasteiger partial charge < -0.3 is 15.4 Å². The number of hydrogen-bond donors (Lipinski definition) is 2. The summed E-state index contributed by atoms with van der Waals surface area (Å²) in [6.07, 6.45) is -0.205. The molecule has 1 aromatic rings. The summed E-state index contributed by atoms with van der Waals surface area (Å²) in [6, 6.07) is 5.96. The van der Waals surface area contributed by atoms with Crippen LogP contribution in [0.5, 0.6) is 5.75 Å². The second-order valence-corrected chi connectivity index (χ2v) is 5.06. The summed E-state index contributed by atoms with van der Waals surface area (Å²) in [4.78, 5) is 0. The number of benzene rings is 1. The summed E-state index contributed by atoms with van der Waals surface area (Å²) in [5.74, 6) is -0.272. The van der Waals surface area contributed by atoms with Gasteiger partial charge in [0.2, 0.25) is 0 Å². The minimum Gasteiger partial charge on any atom is -0.406 e. The monoisotopic (exact) mass is 304 g/mol. The van der Waals surface area contributed by atoms with Gasteiger partial charge in [0, 0.05) is 17.8 Å². The van der Waals surface area contributed by atoms with E-state index in [0.717, 1.165) is 12.8 Å². The normalized spacial score (nSPS) is 15.9. The van der Waals surface area contributed by atoms with Crippen LogP contribution in [-0.2, 0) is 0 Å². The van der Waals surface area contributed by atoms with Crippen LogP contribution in [0.15, 0.2) is 24.3 Å². The third kappa shape index (κ3) is 4.88. The van der Waals surface area contributed by atoms with Gasteiger partial charge in [0.25, 0.3) is 0 Å². The molecule has 110 valence electrons. The quantitative estimate of drug-likeness (QED) is 0.832. The highest BCUT2D eigenvalue weighted by atomic mass is 32.1. The number of anilines is 1. The van der Waals surface area contributed by atoms with Gasteiger partial charge in [-0.05, 0) is 37.2 Å². The molecule has 0 bridgehead atoms. The lowest BCUT2D eigenvalue weighted by molar-refractivity contribution is -0.274. The first kappa shape index (κ1) is 14.9. The first-order valence-corrected chi connectivity index (χ1v) is 6.76. The molecule has 0 radical (unpaired) electrons. The molecule has 0 aliphatic heterocycles. The molecule has 2 rings (SSSR count). The Hall–Kier alpha value is -1.50. The molecule has 1 aliphatic carbocycles. The number of nitrogens with one attached hydrogen (secondary N) is 2. The van der Waals surface area contributed by atoms with Crippen LogP contribution in [0.4, 0.5) is 18.9 Å². The lowest BCUT2D eigenvalue weighted by Gasteiger charge is -2.16. The Bertz CT molecular complexity index is 473. The molecule has 1 aliphatic rings. The third-order valence-electron chi connectivity index (χ3n) is 3.02. The number of thiocarbonyl (C=S) groups is 1. The second-order valence-electron chi connectivity index (χ2n) is 4.66. The van der Waals surface area contributed by atoms with Gasteiger partial charge in [0.15, 0.2) is 5.11 Å². The van der Waals surface area contributed by atoms with Crippen LogP contribution >= 0.6 is 12.2 Å². The van der Waals surface area contributed by atoms with Crippen molar-refractivity contribution in [3.8, 4) is 5.75 Å². The molecule has 0 saturated heterocycles. The van der Waals surface area contributed by atoms with Crippen molar-refractivity contribution in [1.82, 2.24) is 5.32 Å². The Morgan fingerprint density at radius 2 is 1.95 bits per heavy atom. The van der Waals surface area contributed by atoms with Crippen LogP contribution in [0.2, 0.25) is 0 Å². The van der Waals surface area contributed by atoms with E-state index in [1.807, 2.05) is 0 Å². The Balaban J connectivity index is 1.91. The first-order valence-electron chi connectivity index (χ1n) is 6.36. The van der Waals surface area contributed by atoms with Crippen molar-refractivity contribution in [2.75, 3.05) is 5.32 Å². The van der Waals surface area contributed by atoms with E-state index in [1.54, 1.807) is 6.07 Å². The highest BCUT2D eigenvalue weighted by Gasteiger charge is 2.31. The van der Waals surface area contributed by atoms with Crippen LogP contribution < -0.4 is 15.4 Å². The van der Waals surface area contributed by atoms with E-state index < -0.39 is 6.36 Å². The molecule has 1 aromatic carbocycles. The van der Waals surface area contributed by atoms with Crippen molar-refractivity contribution in [3.63, 3.8) is 0 Å². The fourth-order valence-electron chi connectivity index (χ4n) is 2.19. The zero-order valence-corrected chi connectivity index (χ0v) is 11.5. The minimum absolute atomic E-state index is 0.272. The molecule has 2 N–H and O–H groups in total. The van der Waals surface area contributed by atoms with E-state index in [4.69, 9.17) is 12.2 Å². The van der Waals surface area contributed by atoms with Gasteiger partial charge in [0.05, 0.1) is 0 Å². The fourth-order valence-corrected chi connectivity index (χ4v) is 2.48. The SMILES string of the molecule is FC(F)(F)Oc1cccc(NC(=S)NC2CCCC2)c1. The van der Waals surface area contributed by atoms with Gasteiger partial charge in [-0.3, -0.25) is 0 Å². The van der Waals surface area contributed by atoms with E-state index >= 15 is 0 Å². The van der Waals surface area contributed by atoms with Crippen LogP contribution in [-0.4, -0.2) is 17.5 Å². The molecule has 0 aromatic heterocycles. The average molecular weight is 304 g/mol. The molecule has 3 nitrogen and oxygen atoms in total. The predicted molar refractivity (Wildman–Crippen MR) is 74.7 cm³/mol. The van der Waals surface area contributed by atoms with Crippen LogP contribution in [0.25, 0.3) is 0 Å². The molecule has 0 heterocycles. The van der Waals surface area contributed by atoms with Crippen molar-refractivity contribution in [1.29, 1.82) is 0 Å². The molecule has 1 saturated carbocycles. The smallest absolute Gasteiger partial charge is 0.406 e. The summed E-state index contributed by atoms with van der Waals surface area (Å²) in [5, 5.41) is 6.44. The Morgan fingerprint density at radius 3 is 2.60 bits per heavy atom. The standard InChI is InChI=1S/C13H15F3N2OS/c14-13(15,16)19-11-7-3-6-10(8-11)18-12(20)17-9-4-1-2-5-9/h3,6-9H,1-2,4-5H2,(H2,17,18,20). The lowest BCUT2D eigenvalue weighted by atomic mass is 10.2. The number of hydrogen-bond acceptors (Lipinski definition) is 2. The summed E-state index contributed by atoms with van der Waals surface area (Å²) in [7, 11) is 0. The summed E-state index contributed by atoms with van der Waals surface area (Å²) < 4.78 is 40.2. The molecule has 1 fully saturated rings. The van der Waals surface area contributed by atoms with Crippen LogP contribution in [0.3, 0.4) is 0 Å². The van der Waals surface area contributed by atoms with Gasteiger partial charge in [-0.25, -0.2) is 0 Å². The maximum atomic E-state index is 12.1. The second kappa shape index (κ2) is 6.30. The molecule has 20 heavy (non-hydrogen) atoms. The molecule has 0 spiro atoms. The minimum atomic E-state index is -4.69. The molecular weight excluding hydrogens is 289 g/mol. The van der Waals surface area contributed by atoms with E-state index in [0.29, 0.717) is 16.8 Å². The van der Waals surface area contributed by atoms with Gasteiger partial charge in [-0.1, -0.05) is 18.9 Å². The van der Waals surface area contributed by atoms with Gasteiger partial charge in [-0.2, -0.15) is 0 Å². The van der Waals surface area contributed by atoms with E-state index in [9.17, 15) is 13.2 Å². The van der Waals surface area contributed by atoms with Crippen molar-refractivity contribution in [2.45, 2.75) is 38.1 Å². The van der Waals surface area contributed by atoms with Crippen molar-refractivity contribution in [3.05, 3.63) is 24.3 Å². The fraction of sp³-hybridized carbons (Fsp3) is 0.462. The summed E-state index contributed by atoms with van der Waals surface area (Å²) in [5.41, 5.74) is 0.460. The molecular formula is C13H15F3N2OS. The average Bonchev–Trinajstić information content (AvgIpc) is 2.79. The zero-order valence-electron chi connectivity index (χ0n) is 10.7. The lowest BCUT2D eigenvalue weighted by Crippen LogP contribution is -2.35. The van der Waals surface area contributed by atoms with E-state index in [-0.39, 0.29) is 5.75 Å². The largest absolute Gasteiger partial charge is 0.573 e. The molecule has 7 heteroatoms.